The molecule has 0 bridgehead atoms. The third-order valence-corrected chi connectivity index (χ3v) is 4.46. The van der Waals surface area contributed by atoms with Gasteiger partial charge in [0.05, 0.1) is 18.5 Å². The van der Waals surface area contributed by atoms with Crippen LogP contribution in [-0.2, 0) is 6.54 Å². The largest absolute Gasteiger partial charge is 0.253 e. The van der Waals surface area contributed by atoms with E-state index in [1.165, 1.54) is 17.7 Å². The summed E-state index contributed by atoms with van der Waals surface area (Å²) in [5.41, 5.74) is 7.19. The number of hydrogen-bond donors (Lipinski definition) is 1. The Morgan fingerprint density at radius 1 is 1.12 bits per heavy atom. The Kier molecular flexibility index (Phi) is 4.79. The van der Waals surface area contributed by atoms with E-state index in [1.807, 2.05) is 47.8 Å². The molecule has 2 aromatic carbocycles. The van der Waals surface area contributed by atoms with Gasteiger partial charge in [-0.1, -0.05) is 48.5 Å². The molecule has 0 aliphatic carbocycles. The summed E-state index contributed by atoms with van der Waals surface area (Å²) in [6.07, 6.45) is 5.02. The van der Waals surface area contributed by atoms with Crippen LogP contribution in [0.3, 0.4) is 0 Å². The highest BCUT2D eigenvalue weighted by Gasteiger charge is 2.03. The standard InChI is InChI=1S/C19H16N6S/c1-2-7-17(8-3-1)18-12-26-19(23-18)24-21-10-15-5-4-6-16(9-15)11-25-14-20-13-22-25/h1-10,12-14H,11H2,(H,23,24). The van der Waals surface area contributed by atoms with E-state index in [0.29, 0.717) is 6.54 Å². The summed E-state index contributed by atoms with van der Waals surface area (Å²) in [6.45, 7) is 0.683. The first-order chi connectivity index (χ1) is 12.9. The lowest BCUT2D eigenvalue weighted by molar-refractivity contribution is 0.685. The first-order valence-corrected chi connectivity index (χ1v) is 8.96. The molecule has 0 spiro atoms. The number of aromatic nitrogens is 4. The summed E-state index contributed by atoms with van der Waals surface area (Å²) in [6, 6.07) is 18.2. The van der Waals surface area contributed by atoms with Crippen molar-refractivity contribution in [3.05, 3.63) is 83.8 Å². The van der Waals surface area contributed by atoms with E-state index in [4.69, 9.17) is 0 Å². The Morgan fingerprint density at radius 3 is 2.88 bits per heavy atom. The molecule has 0 saturated heterocycles. The van der Waals surface area contributed by atoms with Gasteiger partial charge in [0.2, 0.25) is 5.13 Å². The number of hydrogen-bond acceptors (Lipinski definition) is 6. The maximum atomic E-state index is 4.55. The first-order valence-electron chi connectivity index (χ1n) is 8.08. The van der Waals surface area contributed by atoms with Crippen LogP contribution in [0.2, 0.25) is 0 Å². The van der Waals surface area contributed by atoms with E-state index in [-0.39, 0.29) is 0 Å². The van der Waals surface area contributed by atoms with Crippen LogP contribution in [0.4, 0.5) is 5.13 Å². The minimum absolute atomic E-state index is 0.683. The second-order valence-corrected chi connectivity index (χ2v) is 6.47. The van der Waals surface area contributed by atoms with Crippen LogP contribution in [0.25, 0.3) is 11.3 Å². The number of nitrogens with zero attached hydrogens (tertiary/aromatic N) is 5. The Labute approximate surface area is 154 Å². The molecule has 6 nitrogen and oxygen atoms in total. The lowest BCUT2D eigenvalue weighted by Crippen LogP contribution is -2.00. The van der Waals surface area contributed by atoms with E-state index in [9.17, 15) is 0 Å². The summed E-state index contributed by atoms with van der Waals surface area (Å²) >= 11 is 1.53. The number of anilines is 1. The highest BCUT2D eigenvalue weighted by molar-refractivity contribution is 7.14. The fraction of sp³-hybridized carbons (Fsp3) is 0.0526. The van der Waals surface area contributed by atoms with Crippen molar-refractivity contribution in [1.82, 2.24) is 19.7 Å². The lowest BCUT2D eigenvalue weighted by Gasteiger charge is -2.02. The summed E-state index contributed by atoms with van der Waals surface area (Å²) in [5.74, 6) is 0. The van der Waals surface area contributed by atoms with Crippen LogP contribution in [0.5, 0.6) is 0 Å². The smallest absolute Gasteiger partial charge is 0.203 e. The van der Waals surface area contributed by atoms with Gasteiger partial charge in [-0.2, -0.15) is 10.2 Å². The Morgan fingerprint density at radius 2 is 2.04 bits per heavy atom. The molecule has 0 atom stereocenters. The molecule has 0 fully saturated rings. The van der Waals surface area contributed by atoms with Crippen LogP contribution < -0.4 is 5.43 Å². The molecule has 0 radical (unpaired) electrons. The van der Waals surface area contributed by atoms with E-state index in [0.717, 1.165) is 27.5 Å². The molecule has 2 aromatic heterocycles. The third kappa shape index (κ3) is 4.01. The summed E-state index contributed by atoms with van der Waals surface area (Å²) < 4.78 is 1.79. The molecule has 26 heavy (non-hydrogen) atoms. The molecule has 4 aromatic rings. The molecule has 0 aliphatic heterocycles. The van der Waals surface area contributed by atoms with Crippen LogP contribution >= 0.6 is 11.3 Å². The zero-order chi connectivity index (χ0) is 17.6. The molecule has 128 valence electrons. The number of nitrogens with one attached hydrogen (secondary N) is 1. The van der Waals surface area contributed by atoms with Crippen molar-refractivity contribution in [2.75, 3.05) is 5.43 Å². The molecule has 4 rings (SSSR count). The van der Waals surface area contributed by atoms with Gasteiger partial charge in [-0.05, 0) is 17.2 Å². The van der Waals surface area contributed by atoms with Crippen LogP contribution in [0.1, 0.15) is 11.1 Å². The molecule has 7 heteroatoms. The van der Waals surface area contributed by atoms with Crippen LogP contribution in [0.15, 0.2) is 77.7 Å². The molecule has 1 N–H and O–H groups in total. The Hall–Kier alpha value is -3.32. The Bertz CT molecular complexity index is 992. The fourth-order valence-corrected chi connectivity index (χ4v) is 3.17. The van der Waals surface area contributed by atoms with Gasteiger partial charge in [0.25, 0.3) is 0 Å². The van der Waals surface area contributed by atoms with E-state index >= 15 is 0 Å². The van der Waals surface area contributed by atoms with Crippen molar-refractivity contribution in [3.63, 3.8) is 0 Å². The average molecular weight is 360 g/mol. The molecule has 0 unspecified atom stereocenters. The normalized spacial score (nSPS) is 11.1. The van der Waals surface area contributed by atoms with Crippen LogP contribution in [0, 0.1) is 0 Å². The van der Waals surface area contributed by atoms with Crippen molar-refractivity contribution in [2.24, 2.45) is 5.10 Å². The average Bonchev–Trinajstić information content (AvgIpc) is 3.35. The minimum Gasteiger partial charge on any atom is -0.253 e. The molecule has 2 heterocycles. The van der Waals surface area contributed by atoms with Gasteiger partial charge in [0, 0.05) is 10.9 Å². The van der Waals surface area contributed by atoms with E-state index in [1.54, 1.807) is 17.2 Å². The zero-order valence-electron chi connectivity index (χ0n) is 13.9. The number of benzene rings is 2. The SMILES string of the molecule is C(=NNc1nc(-c2ccccc2)cs1)c1cccc(Cn2cncn2)c1. The summed E-state index contributed by atoms with van der Waals surface area (Å²) in [7, 11) is 0. The van der Waals surface area contributed by atoms with Crippen molar-refractivity contribution < 1.29 is 0 Å². The maximum absolute atomic E-state index is 4.55. The highest BCUT2D eigenvalue weighted by atomic mass is 32.1. The molecule has 0 saturated carbocycles. The third-order valence-electron chi connectivity index (χ3n) is 3.71. The van der Waals surface area contributed by atoms with Gasteiger partial charge < -0.3 is 0 Å². The van der Waals surface area contributed by atoms with Crippen molar-refractivity contribution in [3.8, 4) is 11.3 Å². The monoisotopic (exact) mass is 360 g/mol. The van der Waals surface area contributed by atoms with Gasteiger partial charge in [-0.15, -0.1) is 11.3 Å². The minimum atomic E-state index is 0.683. The second kappa shape index (κ2) is 7.71. The second-order valence-electron chi connectivity index (χ2n) is 5.61. The molecule has 0 aliphatic rings. The summed E-state index contributed by atoms with van der Waals surface area (Å²) in [4.78, 5) is 8.51. The quantitative estimate of drug-likeness (QED) is 0.418. The molecular weight excluding hydrogens is 344 g/mol. The molecule has 0 amide bonds. The van der Waals surface area contributed by atoms with Crippen molar-refractivity contribution >= 4 is 22.7 Å². The lowest BCUT2D eigenvalue weighted by atomic mass is 10.1. The topological polar surface area (TPSA) is 68.0 Å². The van der Waals surface area contributed by atoms with Gasteiger partial charge in [-0.25, -0.2) is 14.6 Å². The van der Waals surface area contributed by atoms with Gasteiger partial charge in [0.1, 0.15) is 12.7 Å². The van der Waals surface area contributed by atoms with Crippen molar-refractivity contribution in [1.29, 1.82) is 0 Å². The predicted octanol–water partition coefficient (Wildman–Crippen LogP) is 3.90. The zero-order valence-corrected chi connectivity index (χ0v) is 14.7. The molecular formula is C19H16N6S. The number of hydrazone groups is 1. The van der Waals surface area contributed by atoms with E-state index in [2.05, 4.69) is 37.7 Å². The van der Waals surface area contributed by atoms with Crippen LogP contribution in [-0.4, -0.2) is 26.0 Å². The number of thiazole rings is 1. The fourth-order valence-electron chi connectivity index (χ4n) is 2.50. The van der Waals surface area contributed by atoms with Gasteiger partial charge in [-0.3, -0.25) is 5.43 Å². The summed E-state index contributed by atoms with van der Waals surface area (Å²) in [5, 5.41) is 11.2. The van der Waals surface area contributed by atoms with E-state index < -0.39 is 0 Å². The highest BCUT2D eigenvalue weighted by Crippen LogP contribution is 2.24. The van der Waals surface area contributed by atoms with Crippen molar-refractivity contribution in [2.45, 2.75) is 6.54 Å². The Balaban J connectivity index is 1.40. The number of rotatable bonds is 6. The van der Waals surface area contributed by atoms with Gasteiger partial charge >= 0.3 is 0 Å². The van der Waals surface area contributed by atoms with Gasteiger partial charge in [0.15, 0.2) is 0 Å². The maximum Gasteiger partial charge on any atom is 0.203 e. The first kappa shape index (κ1) is 16.2. The predicted molar refractivity (Wildman–Crippen MR) is 104 cm³/mol.